The summed E-state index contributed by atoms with van der Waals surface area (Å²) in [6.07, 6.45) is 0.196. The second kappa shape index (κ2) is 5.83. The Bertz CT molecular complexity index is 499. The third-order valence-electron chi connectivity index (χ3n) is 2.37. The summed E-state index contributed by atoms with van der Waals surface area (Å²) in [5.41, 5.74) is 5.85. The van der Waals surface area contributed by atoms with Gasteiger partial charge in [-0.2, -0.15) is 12.7 Å². The lowest BCUT2D eigenvalue weighted by Crippen LogP contribution is -2.41. The van der Waals surface area contributed by atoms with Gasteiger partial charge < -0.3 is 5.73 Å². The van der Waals surface area contributed by atoms with Crippen LogP contribution in [0.3, 0.4) is 0 Å². The molecule has 1 aromatic carbocycles. The summed E-state index contributed by atoms with van der Waals surface area (Å²) in [6, 6.07) is 8.76. The Morgan fingerprint density at radius 2 is 1.83 bits per heavy atom. The van der Waals surface area contributed by atoms with Gasteiger partial charge in [-0.15, -0.1) is 0 Å². The Hall–Kier alpha value is -1.60. The van der Waals surface area contributed by atoms with Crippen molar-refractivity contribution in [2.45, 2.75) is 6.42 Å². The summed E-state index contributed by atoms with van der Waals surface area (Å²) in [6.45, 7) is 0.153. The zero-order chi connectivity index (χ0) is 13.8. The number of hydrogen-bond donors (Lipinski definition) is 2. The van der Waals surface area contributed by atoms with Gasteiger partial charge in [0.15, 0.2) is 0 Å². The Labute approximate surface area is 108 Å². The lowest BCUT2D eigenvalue weighted by Gasteiger charge is -2.27. The highest BCUT2D eigenvalue weighted by atomic mass is 32.2. The number of nitrogens with two attached hydrogens (primary N) is 1. The van der Waals surface area contributed by atoms with Crippen LogP contribution in [0.5, 0.6) is 0 Å². The maximum atomic E-state index is 12.2. The van der Waals surface area contributed by atoms with Crippen LogP contribution >= 0.6 is 0 Å². The van der Waals surface area contributed by atoms with E-state index >= 15 is 0 Å². The van der Waals surface area contributed by atoms with Crippen LogP contribution in [0.15, 0.2) is 30.3 Å². The fraction of sp³-hybridized carbons (Fsp3) is 0.364. The summed E-state index contributed by atoms with van der Waals surface area (Å²) >= 11 is 0. The molecule has 6 nitrogen and oxygen atoms in total. The van der Waals surface area contributed by atoms with Gasteiger partial charge in [0.1, 0.15) is 0 Å². The molecule has 0 amide bonds. The Kier molecular flexibility index (Phi) is 4.69. The number of nitrogens with one attached hydrogen (secondary N) is 1. The summed E-state index contributed by atoms with van der Waals surface area (Å²) in [5.74, 6) is -0.0371. The number of hydrogen-bond acceptors (Lipinski definition) is 3. The van der Waals surface area contributed by atoms with E-state index in [0.29, 0.717) is 5.69 Å². The van der Waals surface area contributed by atoms with Gasteiger partial charge in [-0.1, -0.05) is 18.2 Å². The summed E-state index contributed by atoms with van der Waals surface area (Å²) in [4.78, 5) is 0. The Morgan fingerprint density at radius 1 is 1.28 bits per heavy atom. The zero-order valence-corrected chi connectivity index (χ0v) is 11.3. The monoisotopic (exact) mass is 270 g/mol. The Balaban J connectivity index is 3.07. The molecule has 0 bridgehead atoms. The average Bonchev–Trinajstić information content (AvgIpc) is 2.29. The van der Waals surface area contributed by atoms with Crippen molar-refractivity contribution < 1.29 is 8.42 Å². The molecule has 1 rings (SSSR count). The molecule has 0 spiro atoms. The van der Waals surface area contributed by atoms with Crippen molar-refractivity contribution in [3.05, 3.63) is 30.3 Å². The van der Waals surface area contributed by atoms with E-state index in [1.165, 1.54) is 18.4 Å². The van der Waals surface area contributed by atoms with E-state index in [9.17, 15) is 8.42 Å². The second-order valence-electron chi connectivity index (χ2n) is 3.97. The molecule has 0 saturated heterocycles. The molecule has 7 heteroatoms. The van der Waals surface area contributed by atoms with E-state index in [2.05, 4.69) is 0 Å². The number of amidine groups is 1. The summed E-state index contributed by atoms with van der Waals surface area (Å²) in [7, 11) is -0.631. The van der Waals surface area contributed by atoms with Gasteiger partial charge in [0, 0.05) is 27.1 Å². The number of rotatable bonds is 6. The van der Waals surface area contributed by atoms with Crippen molar-refractivity contribution in [1.82, 2.24) is 4.31 Å². The molecule has 0 heterocycles. The number of para-hydroxylation sites is 1. The largest absolute Gasteiger partial charge is 0.388 e. The molecule has 0 aliphatic carbocycles. The molecule has 18 heavy (non-hydrogen) atoms. The number of anilines is 1. The Morgan fingerprint density at radius 3 is 2.28 bits per heavy atom. The predicted octanol–water partition coefficient (Wildman–Crippen LogP) is 0.625. The molecule has 1 aromatic rings. The highest BCUT2D eigenvalue weighted by Gasteiger charge is 2.24. The third-order valence-corrected chi connectivity index (χ3v) is 4.24. The van der Waals surface area contributed by atoms with Crippen LogP contribution in [0.2, 0.25) is 0 Å². The van der Waals surface area contributed by atoms with Crippen LogP contribution in [0.25, 0.3) is 0 Å². The maximum Gasteiger partial charge on any atom is 0.303 e. The zero-order valence-electron chi connectivity index (χ0n) is 10.5. The minimum atomic E-state index is -3.57. The van der Waals surface area contributed by atoms with Crippen molar-refractivity contribution in [2.75, 3.05) is 24.9 Å². The van der Waals surface area contributed by atoms with Crippen molar-refractivity contribution in [2.24, 2.45) is 5.73 Å². The van der Waals surface area contributed by atoms with E-state index in [4.69, 9.17) is 11.1 Å². The highest BCUT2D eigenvalue weighted by molar-refractivity contribution is 7.90. The lowest BCUT2D eigenvalue weighted by molar-refractivity contribution is 0.516. The molecule has 0 atom stereocenters. The molecular formula is C11H18N4O2S. The first kappa shape index (κ1) is 14.5. The van der Waals surface area contributed by atoms with E-state index in [0.717, 1.165) is 4.31 Å². The molecule has 0 aliphatic rings. The molecule has 0 aliphatic heterocycles. The minimum absolute atomic E-state index is 0.0371. The summed E-state index contributed by atoms with van der Waals surface area (Å²) < 4.78 is 26.8. The average molecular weight is 270 g/mol. The molecule has 0 radical (unpaired) electrons. The van der Waals surface area contributed by atoms with Crippen LogP contribution in [-0.4, -0.2) is 39.2 Å². The van der Waals surface area contributed by atoms with Gasteiger partial charge in [0.05, 0.1) is 11.5 Å². The first-order valence-electron chi connectivity index (χ1n) is 5.44. The fourth-order valence-electron chi connectivity index (χ4n) is 1.39. The standard InChI is InChI=1S/C11H18N4O2S/c1-14(2)18(16,17)15(9-8-11(12)13)10-6-4-3-5-7-10/h3-7H,8-9H2,1-2H3,(H3,12,13). The van der Waals surface area contributed by atoms with Gasteiger partial charge in [-0.25, -0.2) is 0 Å². The summed E-state index contributed by atoms with van der Waals surface area (Å²) in [5, 5.41) is 7.20. The second-order valence-corrected chi connectivity index (χ2v) is 6.04. The van der Waals surface area contributed by atoms with Crippen LogP contribution in [-0.2, 0) is 10.2 Å². The predicted molar refractivity (Wildman–Crippen MR) is 72.9 cm³/mol. The van der Waals surface area contributed by atoms with Gasteiger partial charge in [0.2, 0.25) is 0 Å². The lowest BCUT2D eigenvalue weighted by atomic mass is 10.3. The molecule has 0 saturated carbocycles. The maximum absolute atomic E-state index is 12.2. The van der Waals surface area contributed by atoms with Gasteiger partial charge in [-0.05, 0) is 12.1 Å². The molecule has 0 unspecified atom stereocenters. The number of benzene rings is 1. The smallest absolute Gasteiger partial charge is 0.303 e. The molecule has 3 N–H and O–H groups in total. The van der Waals surface area contributed by atoms with Gasteiger partial charge in [-0.3, -0.25) is 9.71 Å². The minimum Gasteiger partial charge on any atom is -0.388 e. The van der Waals surface area contributed by atoms with E-state index in [1.807, 2.05) is 6.07 Å². The van der Waals surface area contributed by atoms with Crippen molar-refractivity contribution >= 4 is 21.7 Å². The molecule has 0 fully saturated rings. The topological polar surface area (TPSA) is 90.5 Å². The first-order chi connectivity index (χ1) is 8.35. The quantitative estimate of drug-likeness (QED) is 0.586. The van der Waals surface area contributed by atoms with Crippen LogP contribution in [0, 0.1) is 5.41 Å². The van der Waals surface area contributed by atoms with Crippen molar-refractivity contribution in [3.63, 3.8) is 0 Å². The van der Waals surface area contributed by atoms with Crippen molar-refractivity contribution in [1.29, 1.82) is 5.41 Å². The molecular weight excluding hydrogens is 252 g/mol. The van der Waals surface area contributed by atoms with E-state index in [-0.39, 0.29) is 18.8 Å². The van der Waals surface area contributed by atoms with Crippen LogP contribution in [0.4, 0.5) is 5.69 Å². The van der Waals surface area contributed by atoms with Gasteiger partial charge >= 0.3 is 10.2 Å². The third kappa shape index (κ3) is 3.44. The van der Waals surface area contributed by atoms with Crippen LogP contribution in [0.1, 0.15) is 6.42 Å². The normalized spacial score (nSPS) is 11.5. The highest BCUT2D eigenvalue weighted by Crippen LogP contribution is 2.19. The van der Waals surface area contributed by atoms with Crippen molar-refractivity contribution in [3.8, 4) is 0 Å². The number of nitrogens with zero attached hydrogens (tertiary/aromatic N) is 2. The fourth-order valence-corrected chi connectivity index (χ4v) is 2.50. The van der Waals surface area contributed by atoms with Gasteiger partial charge in [0.25, 0.3) is 0 Å². The van der Waals surface area contributed by atoms with E-state index < -0.39 is 10.2 Å². The van der Waals surface area contributed by atoms with E-state index in [1.54, 1.807) is 24.3 Å². The molecule has 100 valence electrons. The molecule has 0 aromatic heterocycles. The first-order valence-corrected chi connectivity index (χ1v) is 6.83. The van der Waals surface area contributed by atoms with Crippen LogP contribution < -0.4 is 10.0 Å². The SMILES string of the molecule is CN(C)S(=O)(=O)N(CCC(=N)N)c1ccccc1.